The molecule has 0 aromatic heterocycles. The van der Waals surface area contributed by atoms with Crippen LogP contribution in [0.15, 0.2) is 24.3 Å². The summed E-state index contributed by atoms with van der Waals surface area (Å²) in [4.78, 5) is 15.7. The van der Waals surface area contributed by atoms with E-state index in [1.165, 1.54) is 19.1 Å². The number of hydrogen-bond acceptors (Lipinski definition) is 4. The number of carbonyl (C=O) groups is 1. The Labute approximate surface area is 197 Å². The summed E-state index contributed by atoms with van der Waals surface area (Å²) < 4.78 is 90.2. The Morgan fingerprint density at radius 2 is 1.64 bits per heavy atom. The van der Waals surface area contributed by atoms with Crippen molar-refractivity contribution in [3.63, 3.8) is 0 Å². The molecule has 1 heterocycles. The number of halogens is 7. The molecule has 0 spiro atoms. The van der Waals surface area contributed by atoms with E-state index in [2.05, 4.69) is 25.4 Å². The Bertz CT molecular complexity index is 759. The summed E-state index contributed by atoms with van der Waals surface area (Å²) in [7, 11) is 0.956. The first-order valence-corrected chi connectivity index (χ1v) is 11.4. The van der Waals surface area contributed by atoms with Gasteiger partial charge in [-0.05, 0) is 30.0 Å². The van der Waals surface area contributed by atoms with Crippen molar-refractivity contribution in [2.45, 2.75) is 43.6 Å². The van der Waals surface area contributed by atoms with Gasteiger partial charge in [0.25, 0.3) is 5.60 Å². The van der Waals surface area contributed by atoms with Crippen LogP contribution in [0, 0.1) is 0 Å². The number of anilines is 1. The lowest BCUT2D eigenvalue weighted by atomic mass is 9.85. The minimum Gasteiger partial charge on any atom is -0.370 e. The third kappa shape index (κ3) is 6.54. The average Bonchev–Trinajstić information content (AvgIpc) is 3.00. The van der Waals surface area contributed by atoms with Gasteiger partial charge in [0, 0.05) is 45.4 Å². The molecule has 0 bridgehead atoms. The monoisotopic (exact) mass is 548 g/mol. The predicted octanol–water partition coefficient (Wildman–Crippen LogP) is 5.10. The molecule has 1 amide bonds. The van der Waals surface area contributed by atoms with E-state index in [-0.39, 0.29) is 11.2 Å². The number of benzene rings is 1. The van der Waals surface area contributed by atoms with Crippen LogP contribution in [0.25, 0.3) is 0 Å². The molecule has 0 aliphatic carbocycles. The third-order valence-electron chi connectivity index (χ3n) is 5.72. The molecule has 1 aromatic carbocycles. The van der Waals surface area contributed by atoms with Gasteiger partial charge in [0.2, 0.25) is 5.91 Å². The predicted molar refractivity (Wildman–Crippen MR) is 114 cm³/mol. The second-order valence-corrected chi connectivity index (χ2v) is 8.49. The van der Waals surface area contributed by atoms with Crippen molar-refractivity contribution in [1.82, 2.24) is 4.90 Å². The van der Waals surface area contributed by atoms with Crippen LogP contribution in [0.4, 0.5) is 32.0 Å². The Kier molecular flexibility index (Phi) is 9.46. The van der Waals surface area contributed by atoms with Crippen LogP contribution in [0.1, 0.15) is 31.2 Å². The zero-order chi connectivity index (χ0) is 24.9. The molecule has 12 heteroatoms. The molecule has 1 unspecified atom stereocenters. The maximum absolute atomic E-state index is 13.6. The Hall–Kier alpha value is -1.53. The van der Waals surface area contributed by atoms with Gasteiger partial charge in [0.15, 0.2) is 0 Å². The van der Waals surface area contributed by atoms with Gasteiger partial charge < -0.3 is 19.3 Å². The van der Waals surface area contributed by atoms with Crippen LogP contribution in [-0.4, -0.2) is 74.2 Å². The van der Waals surface area contributed by atoms with Crippen LogP contribution < -0.4 is 4.90 Å². The van der Waals surface area contributed by atoms with Gasteiger partial charge >= 0.3 is 12.4 Å². The SMILES string of the molecule is COCOC(CC(C)c1ccc(N2CCCN(C(=O)CBr)CC2)cc1)(C(F)(F)F)C(F)(F)F. The van der Waals surface area contributed by atoms with E-state index < -0.39 is 37.1 Å². The van der Waals surface area contributed by atoms with Gasteiger partial charge in [0.1, 0.15) is 6.79 Å². The van der Waals surface area contributed by atoms with Crippen LogP contribution in [0.3, 0.4) is 0 Å². The number of ether oxygens (including phenoxy) is 2. The molecule has 5 nitrogen and oxygen atoms in total. The number of amides is 1. The third-order valence-corrected chi connectivity index (χ3v) is 6.20. The number of hydrogen-bond donors (Lipinski definition) is 0. The summed E-state index contributed by atoms with van der Waals surface area (Å²) in [6.07, 6.45) is -12.0. The van der Waals surface area contributed by atoms with E-state index in [0.29, 0.717) is 31.7 Å². The van der Waals surface area contributed by atoms with Crippen molar-refractivity contribution >= 4 is 27.5 Å². The van der Waals surface area contributed by atoms with Crippen LogP contribution in [-0.2, 0) is 14.3 Å². The Morgan fingerprint density at radius 3 is 2.15 bits per heavy atom. The standard InChI is InChI=1S/C21H27BrF6N2O3/c1-15(12-19(20(23,24)25,21(26,27)28)33-14-32-2)16-4-6-17(7-5-16)29-8-3-9-30(11-10-29)18(31)13-22/h4-7,15H,3,8-14H2,1-2H3. The highest BCUT2D eigenvalue weighted by Crippen LogP contribution is 2.50. The molecule has 0 N–H and O–H groups in total. The lowest BCUT2D eigenvalue weighted by Crippen LogP contribution is -2.59. The molecule has 188 valence electrons. The molecule has 0 radical (unpaired) electrons. The van der Waals surface area contributed by atoms with Crippen LogP contribution in [0.5, 0.6) is 0 Å². The fourth-order valence-electron chi connectivity index (χ4n) is 3.85. The molecule has 33 heavy (non-hydrogen) atoms. The topological polar surface area (TPSA) is 42.0 Å². The summed E-state index contributed by atoms with van der Waals surface area (Å²) in [5, 5.41) is 0.241. The summed E-state index contributed by atoms with van der Waals surface area (Å²) >= 11 is 3.15. The van der Waals surface area contributed by atoms with Gasteiger partial charge in [-0.2, -0.15) is 26.3 Å². The average molecular weight is 549 g/mol. The Balaban J connectivity index is 2.18. The quantitative estimate of drug-likeness (QED) is 0.257. The van der Waals surface area contributed by atoms with Crippen molar-refractivity contribution in [3.05, 3.63) is 29.8 Å². The van der Waals surface area contributed by atoms with Crippen LogP contribution >= 0.6 is 15.9 Å². The van der Waals surface area contributed by atoms with E-state index in [9.17, 15) is 31.1 Å². The number of carbonyl (C=O) groups excluding carboxylic acids is 1. The zero-order valence-electron chi connectivity index (χ0n) is 18.3. The molecule has 1 saturated heterocycles. The minimum absolute atomic E-state index is 0.00507. The smallest absolute Gasteiger partial charge is 0.370 e. The van der Waals surface area contributed by atoms with E-state index in [4.69, 9.17) is 0 Å². The maximum atomic E-state index is 13.6. The van der Waals surface area contributed by atoms with Gasteiger partial charge in [-0.1, -0.05) is 35.0 Å². The first kappa shape index (κ1) is 27.7. The van der Waals surface area contributed by atoms with Gasteiger partial charge in [-0.25, -0.2) is 0 Å². The first-order valence-electron chi connectivity index (χ1n) is 10.3. The lowest BCUT2D eigenvalue weighted by molar-refractivity contribution is -0.394. The molecule has 1 fully saturated rings. The fourth-order valence-corrected chi connectivity index (χ4v) is 4.20. The van der Waals surface area contributed by atoms with Crippen LogP contribution in [0.2, 0.25) is 0 Å². The minimum atomic E-state index is -5.68. The fraction of sp³-hybridized carbons (Fsp3) is 0.667. The van der Waals surface area contributed by atoms with Gasteiger partial charge in [-0.15, -0.1) is 0 Å². The largest absolute Gasteiger partial charge is 0.426 e. The molecule has 0 saturated carbocycles. The normalized spacial score (nSPS) is 17.1. The molecule has 1 aliphatic rings. The first-order chi connectivity index (χ1) is 15.4. The van der Waals surface area contributed by atoms with Crippen molar-refractivity contribution in [1.29, 1.82) is 0 Å². The van der Waals surface area contributed by atoms with E-state index in [1.54, 1.807) is 17.0 Å². The van der Waals surface area contributed by atoms with Crippen molar-refractivity contribution in [2.75, 3.05) is 50.3 Å². The van der Waals surface area contributed by atoms with Crippen molar-refractivity contribution in [3.8, 4) is 0 Å². The number of nitrogens with zero attached hydrogens (tertiary/aromatic N) is 2. The van der Waals surface area contributed by atoms with E-state index in [1.807, 2.05) is 4.90 Å². The second kappa shape index (κ2) is 11.3. The van der Waals surface area contributed by atoms with Gasteiger partial charge in [-0.3, -0.25) is 4.79 Å². The van der Waals surface area contributed by atoms with Crippen molar-refractivity contribution in [2.24, 2.45) is 0 Å². The summed E-state index contributed by atoms with van der Waals surface area (Å²) in [5.74, 6) is -1.11. The molecule has 1 atom stereocenters. The van der Waals surface area contributed by atoms with Gasteiger partial charge in [0.05, 0.1) is 5.33 Å². The van der Waals surface area contributed by atoms with Crippen molar-refractivity contribution < 1.29 is 40.6 Å². The maximum Gasteiger partial charge on any atom is 0.426 e. The number of rotatable bonds is 8. The molecule has 1 aliphatic heterocycles. The highest BCUT2D eigenvalue weighted by atomic mass is 79.9. The lowest BCUT2D eigenvalue weighted by Gasteiger charge is -2.38. The van der Waals surface area contributed by atoms with E-state index >= 15 is 0 Å². The molecule has 1 aromatic rings. The zero-order valence-corrected chi connectivity index (χ0v) is 19.9. The highest BCUT2D eigenvalue weighted by Gasteiger charge is 2.72. The number of methoxy groups -OCH3 is 1. The second-order valence-electron chi connectivity index (χ2n) is 7.93. The highest BCUT2D eigenvalue weighted by molar-refractivity contribution is 9.09. The Morgan fingerprint density at radius 1 is 1.03 bits per heavy atom. The van der Waals surface area contributed by atoms with E-state index in [0.717, 1.165) is 19.2 Å². The summed E-state index contributed by atoms with van der Waals surface area (Å²) in [5.41, 5.74) is -3.24. The molecular formula is C21H27BrF6N2O3. The number of alkyl halides is 7. The molecular weight excluding hydrogens is 522 g/mol. The summed E-state index contributed by atoms with van der Waals surface area (Å²) in [6.45, 7) is 2.55. The summed E-state index contributed by atoms with van der Waals surface area (Å²) in [6, 6.07) is 6.40. The molecule has 2 rings (SSSR count).